The van der Waals surface area contributed by atoms with Crippen LogP contribution >= 0.6 is 0 Å². The van der Waals surface area contributed by atoms with E-state index in [0.29, 0.717) is 24.4 Å². The van der Waals surface area contributed by atoms with E-state index in [9.17, 15) is 4.79 Å². The number of hydrogen-bond donors (Lipinski definition) is 3. The first-order valence-corrected chi connectivity index (χ1v) is 9.10. The third kappa shape index (κ3) is 3.30. The Morgan fingerprint density at radius 3 is 2.82 bits per heavy atom. The molecule has 0 spiro atoms. The van der Waals surface area contributed by atoms with Crippen molar-refractivity contribution in [2.24, 2.45) is 0 Å². The van der Waals surface area contributed by atoms with Crippen LogP contribution in [0.5, 0.6) is 5.75 Å². The van der Waals surface area contributed by atoms with Gasteiger partial charge in [-0.05, 0) is 12.1 Å². The van der Waals surface area contributed by atoms with Crippen LogP contribution in [0.15, 0.2) is 29.2 Å². The van der Waals surface area contributed by atoms with Crippen molar-refractivity contribution in [3.63, 3.8) is 0 Å². The van der Waals surface area contributed by atoms with Crippen LogP contribution in [0.4, 0.5) is 5.82 Å². The lowest BCUT2D eigenvalue weighted by atomic mass is 9.93. The Bertz CT molecular complexity index is 1200. The Labute approximate surface area is 161 Å². The Morgan fingerprint density at radius 2 is 2.07 bits per heavy atom. The fourth-order valence-electron chi connectivity index (χ4n) is 2.98. The van der Waals surface area contributed by atoms with Crippen LogP contribution in [0.3, 0.4) is 0 Å². The second-order valence-electron chi connectivity index (χ2n) is 7.69. The van der Waals surface area contributed by atoms with Gasteiger partial charge in [0.1, 0.15) is 11.6 Å². The molecule has 0 aliphatic heterocycles. The van der Waals surface area contributed by atoms with Crippen molar-refractivity contribution in [2.75, 3.05) is 19.0 Å². The number of ether oxygens (including phenoxy) is 1. The van der Waals surface area contributed by atoms with Crippen LogP contribution in [0.1, 0.15) is 32.3 Å². The number of rotatable bonds is 5. The van der Waals surface area contributed by atoms with Crippen molar-refractivity contribution < 1.29 is 4.74 Å². The molecule has 28 heavy (non-hydrogen) atoms. The summed E-state index contributed by atoms with van der Waals surface area (Å²) in [5.74, 6) is 2.22. The van der Waals surface area contributed by atoms with E-state index in [1.807, 2.05) is 18.2 Å². The number of aromatic nitrogens is 6. The van der Waals surface area contributed by atoms with Gasteiger partial charge in [0.05, 0.1) is 23.8 Å². The van der Waals surface area contributed by atoms with E-state index in [-0.39, 0.29) is 11.1 Å². The fraction of sp³-hybridized carbons (Fsp3) is 0.368. The zero-order chi connectivity index (χ0) is 19.9. The molecule has 4 rings (SSSR count). The standard InChI is InChI=1S/C19H23N7O2/c1-19(2,3)14-10-26-17(24-25-18(26)27)16(23-14)20-8-7-15-21-12-6-5-11(28-4)9-13(12)22-15/h5-6,9-10H,7-8H2,1-4H3,(H,20,23)(H,21,22)(H,25,27). The van der Waals surface area contributed by atoms with E-state index in [1.54, 1.807) is 13.3 Å². The van der Waals surface area contributed by atoms with Crippen molar-refractivity contribution in [2.45, 2.75) is 32.6 Å². The van der Waals surface area contributed by atoms with Gasteiger partial charge in [0, 0.05) is 30.6 Å². The molecule has 0 aliphatic carbocycles. The second kappa shape index (κ2) is 6.66. The molecule has 3 heterocycles. The fourth-order valence-corrected chi connectivity index (χ4v) is 2.98. The van der Waals surface area contributed by atoms with Gasteiger partial charge in [0.2, 0.25) is 5.65 Å². The first-order chi connectivity index (χ1) is 13.3. The summed E-state index contributed by atoms with van der Waals surface area (Å²) < 4.78 is 6.74. The van der Waals surface area contributed by atoms with Crippen LogP contribution in [-0.2, 0) is 11.8 Å². The molecule has 0 unspecified atom stereocenters. The molecule has 9 heteroatoms. The lowest BCUT2D eigenvalue weighted by Crippen LogP contribution is -2.20. The minimum absolute atomic E-state index is 0.195. The predicted octanol–water partition coefficient (Wildman–Crippen LogP) is 2.25. The topological polar surface area (TPSA) is 113 Å². The van der Waals surface area contributed by atoms with Crippen molar-refractivity contribution in [3.8, 4) is 5.75 Å². The summed E-state index contributed by atoms with van der Waals surface area (Å²) in [4.78, 5) is 24.6. The maximum Gasteiger partial charge on any atom is 0.347 e. The van der Waals surface area contributed by atoms with Gasteiger partial charge in [0.15, 0.2) is 5.82 Å². The van der Waals surface area contributed by atoms with Gasteiger partial charge in [0.25, 0.3) is 0 Å². The average Bonchev–Trinajstić information content (AvgIpc) is 3.23. The monoisotopic (exact) mass is 381 g/mol. The minimum atomic E-state index is -0.280. The van der Waals surface area contributed by atoms with Gasteiger partial charge < -0.3 is 15.0 Å². The number of nitrogens with one attached hydrogen (secondary N) is 3. The molecule has 3 aromatic heterocycles. The number of hydrogen-bond acceptors (Lipinski definition) is 6. The van der Waals surface area contributed by atoms with E-state index in [0.717, 1.165) is 28.3 Å². The van der Waals surface area contributed by atoms with E-state index in [1.165, 1.54) is 4.40 Å². The molecule has 0 amide bonds. The summed E-state index contributed by atoms with van der Waals surface area (Å²) in [6.45, 7) is 6.75. The number of methoxy groups -OCH3 is 1. The Hall–Kier alpha value is -3.36. The van der Waals surface area contributed by atoms with Crippen molar-refractivity contribution in [1.29, 1.82) is 0 Å². The Kier molecular flexibility index (Phi) is 4.29. The van der Waals surface area contributed by atoms with Gasteiger partial charge in [-0.15, -0.1) is 5.10 Å². The number of benzene rings is 1. The Balaban J connectivity index is 1.56. The summed E-state index contributed by atoms with van der Waals surface area (Å²) in [5.41, 5.74) is 2.64. The highest BCUT2D eigenvalue weighted by Crippen LogP contribution is 2.23. The molecule has 0 saturated heterocycles. The molecule has 9 nitrogen and oxygen atoms in total. The van der Waals surface area contributed by atoms with E-state index in [2.05, 4.69) is 51.2 Å². The predicted molar refractivity (Wildman–Crippen MR) is 107 cm³/mol. The van der Waals surface area contributed by atoms with Crippen LogP contribution < -0.4 is 15.7 Å². The molecule has 0 aliphatic rings. The largest absolute Gasteiger partial charge is 0.497 e. The summed E-state index contributed by atoms with van der Waals surface area (Å²) in [5, 5.41) is 9.85. The van der Waals surface area contributed by atoms with Gasteiger partial charge in [-0.25, -0.2) is 24.3 Å². The number of H-pyrrole nitrogens is 2. The van der Waals surface area contributed by atoms with Crippen molar-refractivity contribution in [1.82, 2.24) is 29.5 Å². The first kappa shape index (κ1) is 18.0. The number of nitrogens with zero attached hydrogens (tertiary/aromatic N) is 4. The molecule has 0 bridgehead atoms. The summed E-state index contributed by atoms with van der Waals surface area (Å²) in [7, 11) is 1.64. The van der Waals surface area contributed by atoms with E-state index < -0.39 is 0 Å². The molecule has 3 N–H and O–H groups in total. The van der Waals surface area contributed by atoms with Gasteiger partial charge in [-0.1, -0.05) is 20.8 Å². The van der Waals surface area contributed by atoms with E-state index in [4.69, 9.17) is 4.74 Å². The average molecular weight is 381 g/mol. The molecule has 146 valence electrons. The highest BCUT2D eigenvalue weighted by atomic mass is 16.5. The van der Waals surface area contributed by atoms with E-state index >= 15 is 0 Å². The molecule has 1 aromatic carbocycles. The minimum Gasteiger partial charge on any atom is -0.497 e. The third-order valence-corrected chi connectivity index (χ3v) is 4.56. The maximum atomic E-state index is 12.0. The second-order valence-corrected chi connectivity index (χ2v) is 7.69. The lowest BCUT2D eigenvalue weighted by molar-refractivity contribution is 0.415. The molecular weight excluding hydrogens is 358 g/mol. The smallest absolute Gasteiger partial charge is 0.347 e. The van der Waals surface area contributed by atoms with Crippen LogP contribution in [-0.4, -0.2) is 43.2 Å². The zero-order valence-electron chi connectivity index (χ0n) is 16.3. The van der Waals surface area contributed by atoms with Crippen LogP contribution in [0.25, 0.3) is 16.7 Å². The normalized spacial score (nSPS) is 12.0. The third-order valence-electron chi connectivity index (χ3n) is 4.56. The zero-order valence-corrected chi connectivity index (χ0v) is 16.3. The summed E-state index contributed by atoms with van der Waals surface area (Å²) in [6, 6.07) is 5.74. The van der Waals surface area contributed by atoms with Gasteiger partial charge in [-0.3, -0.25) is 0 Å². The maximum absolute atomic E-state index is 12.0. The molecule has 0 fully saturated rings. The molecule has 0 radical (unpaired) electrons. The number of anilines is 1. The number of fused-ring (bicyclic) bond motifs is 2. The van der Waals surface area contributed by atoms with Gasteiger partial charge >= 0.3 is 5.69 Å². The van der Waals surface area contributed by atoms with Crippen LogP contribution in [0.2, 0.25) is 0 Å². The van der Waals surface area contributed by atoms with Gasteiger partial charge in [-0.2, -0.15) is 0 Å². The number of imidazole rings is 1. The molecule has 0 saturated carbocycles. The number of aromatic amines is 2. The SMILES string of the molecule is COc1ccc2nc(CCNc3nc(C(C)(C)C)cn4c(=O)[nH]nc34)[nH]c2c1. The highest BCUT2D eigenvalue weighted by Gasteiger charge is 2.20. The lowest BCUT2D eigenvalue weighted by Gasteiger charge is -2.19. The molecule has 4 aromatic rings. The van der Waals surface area contributed by atoms with Crippen molar-refractivity contribution in [3.05, 3.63) is 46.4 Å². The summed E-state index contributed by atoms with van der Waals surface area (Å²) in [6.07, 6.45) is 2.40. The van der Waals surface area contributed by atoms with Crippen molar-refractivity contribution >= 4 is 22.5 Å². The highest BCUT2D eigenvalue weighted by molar-refractivity contribution is 5.76. The Morgan fingerprint density at radius 1 is 1.25 bits per heavy atom. The quantitative estimate of drug-likeness (QED) is 0.489. The first-order valence-electron chi connectivity index (χ1n) is 9.10. The molecular formula is C19H23N7O2. The molecule has 0 atom stereocenters. The van der Waals surface area contributed by atoms with Crippen LogP contribution in [0, 0.1) is 0 Å². The summed E-state index contributed by atoms with van der Waals surface area (Å²) >= 11 is 0.